The summed E-state index contributed by atoms with van der Waals surface area (Å²) in [4.78, 5) is 11.1. The molecule has 1 aliphatic rings. The normalized spacial score (nSPS) is 21.0. The molecule has 1 rings (SSSR count). The first kappa shape index (κ1) is 10.0. The predicted molar refractivity (Wildman–Crippen MR) is 46.6 cm³/mol. The zero-order valence-corrected chi connectivity index (χ0v) is 7.71. The van der Waals surface area contributed by atoms with Crippen LogP contribution in [0.3, 0.4) is 0 Å². The highest BCUT2D eigenvalue weighted by Gasteiger charge is 2.34. The van der Waals surface area contributed by atoms with E-state index in [2.05, 4.69) is 5.32 Å². The van der Waals surface area contributed by atoms with Crippen LogP contribution in [0.5, 0.6) is 0 Å². The molecule has 0 heterocycles. The number of hydrogen-bond donors (Lipinski definition) is 2. The number of amides is 1. The summed E-state index contributed by atoms with van der Waals surface area (Å²) in [6.45, 7) is 1.82. The molecule has 72 valence electrons. The van der Waals surface area contributed by atoms with Crippen LogP contribution in [0.15, 0.2) is 0 Å². The van der Waals surface area contributed by atoms with Crippen molar-refractivity contribution < 1.29 is 9.90 Å². The maximum atomic E-state index is 11.1. The van der Waals surface area contributed by atoms with Crippen LogP contribution in [-0.4, -0.2) is 23.2 Å². The molecule has 1 aliphatic carbocycles. The maximum Gasteiger partial charge on any atom is 0.237 e. The summed E-state index contributed by atoms with van der Waals surface area (Å²) in [6, 6.07) is 1.84. The molecule has 1 amide bonds. The van der Waals surface area contributed by atoms with E-state index in [1.54, 1.807) is 6.92 Å². The molecule has 13 heavy (non-hydrogen) atoms. The summed E-state index contributed by atoms with van der Waals surface area (Å²) in [7, 11) is 0. The van der Waals surface area contributed by atoms with Crippen molar-refractivity contribution in [2.45, 2.75) is 31.8 Å². The van der Waals surface area contributed by atoms with E-state index >= 15 is 0 Å². The summed E-state index contributed by atoms with van der Waals surface area (Å²) in [5.41, 5.74) is -0.704. The average Bonchev–Trinajstić information content (AvgIpc) is 2.09. The fourth-order valence-corrected chi connectivity index (χ4v) is 1.23. The number of rotatable bonds is 3. The van der Waals surface area contributed by atoms with Gasteiger partial charge in [0.15, 0.2) is 0 Å². The van der Waals surface area contributed by atoms with Crippen molar-refractivity contribution in [2.24, 2.45) is 5.92 Å². The standard InChI is InChI=1S/C9H14N2O2/c1-7(5-10)8(12)11-6-9(13)3-2-4-9/h7,13H,2-4,6H2,1H3,(H,11,12). The van der Waals surface area contributed by atoms with Gasteiger partial charge in [0, 0.05) is 6.54 Å². The van der Waals surface area contributed by atoms with Gasteiger partial charge in [-0.3, -0.25) is 4.79 Å². The van der Waals surface area contributed by atoms with Crippen LogP contribution in [0, 0.1) is 17.2 Å². The van der Waals surface area contributed by atoms with Crippen LogP contribution in [0.2, 0.25) is 0 Å². The summed E-state index contributed by atoms with van der Waals surface area (Å²) in [5, 5.41) is 20.6. The molecule has 4 nitrogen and oxygen atoms in total. The van der Waals surface area contributed by atoms with Crippen LogP contribution in [0.25, 0.3) is 0 Å². The van der Waals surface area contributed by atoms with Crippen LogP contribution in [0.4, 0.5) is 0 Å². The van der Waals surface area contributed by atoms with E-state index in [0.717, 1.165) is 19.3 Å². The molecule has 0 aromatic rings. The number of nitrogens with one attached hydrogen (secondary N) is 1. The van der Waals surface area contributed by atoms with Crippen LogP contribution in [-0.2, 0) is 4.79 Å². The van der Waals surface area contributed by atoms with Gasteiger partial charge in [0.05, 0.1) is 11.7 Å². The molecule has 1 saturated carbocycles. The largest absolute Gasteiger partial charge is 0.388 e. The Bertz CT molecular complexity index is 240. The number of hydrogen-bond acceptors (Lipinski definition) is 3. The molecule has 2 N–H and O–H groups in total. The van der Waals surface area contributed by atoms with Crippen molar-refractivity contribution in [3.8, 4) is 6.07 Å². The molecule has 0 radical (unpaired) electrons. The zero-order valence-electron chi connectivity index (χ0n) is 7.71. The molecule has 4 heteroatoms. The van der Waals surface area contributed by atoms with Crippen molar-refractivity contribution >= 4 is 5.91 Å². The van der Waals surface area contributed by atoms with E-state index in [4.69, 9.17) is 5.26 Å². The Morgan fingerprint density at radius 3 is 2.77 bits per heavy atom. The van der Waals surface area contributed by atoms with Crippen LogP contribution in [0.1, 0.15) is 26.2 Å². The minimum atomic E-state index is -0.704. The molecule has 0 aliphatic heterocycles. The Morgan fingerprint density at radius 2 is 2.38 bits per heavy atom. The monoisotopic (exact) mass is 182 g/mol. The van der Waals surface area contributed by atoms with Gasteiger partial charge in [0.2, 0.25) is 5.91 Å². The molecule has 0 spiro atoms. The molecular formula is C9H14N2O2. The lowest BCUT2D eigenvalue weighted by Gasteiger charge is -2.36. The third-order valence-corrected chi connectivity index (χ3v) is 2.46. The number of carbonyl (C=O) groups is 1. The number of nitrogens with zero attached hydrogens (tertiary/aromatic N) is 1. The Balaban J connectivity index is 2.26. The summed E-state index contributed by atoms with van der Waals surface area (Å²) >= 11 is 0. The van der Waals surface area contributed by atoms with Gasteiger partial charge in [0.1, 0.15) is 5.92 Å². The Kier molecular flexibility index (Phi) is 2.89. The number of carbonyl (C=O) groups excluding carboxylic acids is 1. The van der Waals surface area contributed by atoms with E-state index in [1.807, 2.05) is 6.07 Å². The second-order valence-corrected chi connectivity index (χ2v) is 3.65. The first-order chi connectivity index (χ1) is 6.07. The highest BCUT2D eigenvalue weighted by molar-refractivity contribution is 5.80. The minimum absolute atomic E-state index is 0.276. The smallest absolute Gasteiger partial charge is 0.237 e. The van der Waals surface area contributed by atoms with Gasteiger partial charge < -0.3 is 10.4 Å². The molecule has 1 atom stereocenters. The van der Waals surface area contributed by atoms with Gasteiger partial charge >= 0.3 is 0 Å². The zero-order chi connectivity index (χ0) is 9.90. The fourth-order valence-electron chi connectivity index (χ4n) is 1.23. The van der Waals surface area contributed by atoms with Crippen molar-refractivity contribution in [3.05, 3.63) is 0 Å². The van der Waals surface area contributed by atoms with E-state index in [9.17, 15) is 9.90 Å². The molecule has 0 aromatic carbocycles. The molecule has 1 unspecified atom stereocenters. The fraction of sp³-hybridized carbons (Fsp3) is 0.778. The third-order valence-electron chi connectivity index (χ3n) is 2.46. The maximum absolute atomic E-state index is 11.1. The van der Waals surface area contributed by atoms with E-state index < -0.39 is 11.5 Å². The second-order valence-electron chi connectivity index (χ2n) is 3.65. The molecule has 0 bridgehead atoms. The summed E-state index contributed by atoms with van der Waals surface area (Å²) in [5.74, 6) is -0.938. The van der Waals surface area contributed by atoms with Crippen molar-refractivity contribution in [3.63, 3.8) is 0 Å². The minimum Gasteiger partial charge on any atom is -0.388 e. The molecule has 0 aromatic heterocycles. The first-order valence-electron chi connectivity index (χ1n) is 4.47. The van der Waals surface area contributed by atoms with Gasteiger partial charge in [-0.1, -0.05) is 0 Å². The van der Waals surface area contributed by atoms with Gasteiger partial charge in [0.25, 0.3) is 0 Å². The average molecular weight is 182 g/mol. The van der Waals surface area contributed by atoms with E-state index in [-0.39, 0.29) is 12.5 Å². The Hall–Kier alpha value is -1.08. The number of aliphatic hydroxyl groups is 1. The Labute approximate surface area is 77.6 Å². The summed E-state index contributed by atoms with van der Waals surface area (Å²) in [6.07, 6.45) is 2.50. The predicted octanol–water partition coefficient (Wildman–Crippen LogP) is 0.177. The Morgan fingerprint density at radius 1 is 1.77 bits per heavy atom. The molecule has 0 saturated heterocycles. The van der Waals surface area contributed by atoms with Gasteiger partial charge in [-0.25, -0.2) is 0 Å². The SMILES string of the molecule is CC(C#N)C(=O)NCC1(O)CCC1. The molecular weight excluding hydrogens is 168 g/mol. The van der Waals surface area contributed by atoms with Crippen molar-refractivity contribution in [1.29, 1.82) is 5.26 Å². The van der Waals surface area contributed by atoms with Gasteiger partial charge in [-0.05, 0) is 26.2 Å². The van der Waals surface area contributed by atoms with Crippen LogP contribution >= 0.6 is 0 Å². The lowest BCUT2D eigenvalue weighted by atomic mass is 9.80. The van der Waals surface area contributed by atoms with Gasteiger partial charge in [-0.2, -0.15) is 5.26 Å². The van der Waals surface area contributed by atoms with Crippen molar-refractivity contribution in [1.82, 2.24) is 5.32 Å². The van der Waals surface area contributed by atoms with E-state index in [0.29, 0.717) is 0 Å². The highest BCUT2D eigenvalue weighted by atomic mass is 16.3. The van der Waals surface area contributed by atoms with E-state index in [1.165, 1.54) is 0 Å². The molecule has 1 fully saturated rings. The quantitative estimate of drug-likeness (QED) is 0.653. The second kappa shape index (κ2) is 3.75. The first-order valence-corrected chi connectivity index (χ1v) is 4.47. The lowest BCUT2D eigenvalue weighted by Crippen LogP contribution is -2.48. The summed E-state index contributed by atoms with van der Waals surface area (Å²) < 4.78 is 0. The number of nitriles is 1. The lowest BCUT2D eigenvalue weighted by molar-refractivity contribution is -0.125. The topological polar surface area (TPSA) is 73.1 Å². The van der Waals surface area contributed by atoms with Crippen LogP contribution < -0.4 is 5.32 Å². The third kappa shape index (κ3) is 2.43. The van der Waals surface area contributed by atoms with Gasteiger partial charge in [-0.15, -0.1) is 0 Å². The van der Waals surface area contributed by atoms with Crippen molar-refractivity contribution in [2.75, 3.05) is 6.54 Å². The highest BCUT2D eigenvalue weighted by Crippen LogP contribution is 2.30.